The number of nitrogens with two attached hydrogens (primary N) is 1. The summed E-state index contributed by atoms with van der Waals surface area (Å²) in [7, 11) is -3.29. The molecule has 10 nitrogen and oxygen atoms in total. The van der Waals surface area contributed by atoms with Gasteiger partial charge in [-0.3, -0.25) is 19.3 Å². The zero-order valence-electron chi connectivity index (χ0n) is 15.0. The van der Waals surface area contributed by atoms with Crippen molar-refractivity contribution in [3.8, 4) is 0 Å². The van der Waals surface area contributed by atoms with E-state index in [0.29, 0.717) is 10.6 Å². The molecule has 0 saturated carbocycles. The first-order valence-corrected chi connectivity index (χ1v) is 11.2. The van der Waals surface area contributed by atoms with E-state index in [1.165, 1.54) is 0 Å². The molecule has 1 fully saturated rings. The maximum Gasteiger partial charge on any atom is 0.325 e. The first-order valence-electron chi connectivity index (χ1n) is 8.16. The van der Waals surface area contributed by atoms with Crippen molar-refractivity contribution in [1.82, 2.24) is 10.2 Å². The number of sulfone groups is 1. The zero-order valence-corrected chi connectivity index (χ0v) is 16.6. The highest BCUT2D eigenvalue weighted by atomic mass is 32.2. The number of carbonyl (C=O) groups excluding carboxylic acids is 4. The van der Waals surface area contributed by atoms with Gasteiger partial charge in [0.1, 0.15) is 22.4 Å². The largest absolute Gasteiger partial charge is 0.369 e. The van der Waals surface area contributed by atoms with Gasteiger partial charge in [0.05, 0.1) is 17.2 Å². The number of carbonyl (C=O) groups is 4. The Labute approximate surface area is 166 Å². The summed E-state index contributed by atoms with van der Waals surface area (Å²) < 4.78 is 22.5. The highest BCUT2D eigenvalue weighted by molar-refractivity contribution is 8.00. The minimum absolute atomic E-state index is 0.0297. The van der Waals surface area contributed by atoms with Gasteiger partial charge in [0, 0.05) is 11.2 Å². The third-order valence-electron chi connectivity index (χ3n) is 3.72. The molecule has 0 spiro atoms. The molecule has 1 aromatic carbocycles. The van der Waals surface area contributed by atoms with Gasteiger partial charge in [-0.25, -0.2) is 13.2 Å². The van der Waals surface area contributed by atoms with Crippen LogP contribution < -0.4 is 16.4 Å². The van der Waals surface area contributed by atoms with Crippen LogP contribution in [0.5, 0.6) is 0 Å². The molecule has 1 heterocycles. The van der Waals surface area contributed by atoms with Crippen LogP contribution >= 0.6 is 11.8 Å². The van der Waals surface area contributed by atoms with Gasteiger partial charge in [-0.15, -0.1) is 11.8 Å². The lowest BCUT2D eigenvalue weighted by molar-refractivity contribution is -0.130. The molecule has 1 aliphatic rings. The number of hydrogen-bond acceptors (Lipinski definition) is 7. The van der Waals surface area contributed by atoms with Gasteiger partial charge in [-0.2, -0.15) is 0 Å². The second-order valence-corrected chi connectivity index (χ2v) is 9.42. The number of urea groups is 1. The third-order valence-corrected chi connectivity index (χ3v) is 5.79. The van der Waals surface area contributed by atoms with E-state index in [-0.39, 0.29) is 17.9 Å². The van der Waals surface area contributed by atoms with E-state index in [4.69, 9.17) is 5.73 Å². The van der Waals surface area contributed by atoms with Gasteiger partial charge in [-0.1, -0.05) is 12.1 Å². The predicted octanol–water partition coefficient (Wildman–Crippen LogP) is -0.442. The number of amides is 5. The highest BCUT2D eigenvalue weighted by Gasteiger charge is 2.39. The molecule has 28 heavy (non-hydrogen) atoms. The Morgan fingerprint density at radius 1 is 1.29 bits per heavy atom. The topological polar surface area (TPSA) is 156 Å². The molecule has 1 aromatic rings. The summed E-state index contributed by atoms with van der Waals surface area (Å²) in [5.74, 6) is -2.00. The first kappa shape index (κ1) is 21.7. The molecular formula is C16H20N4O6S2. The number of nitrogens with one attached hydrogen (secondary N) is 2. The minimum Gasteiger partial charge on any atom is -0.369 e. The van der Waals surface area contributed by atoms with Crippen molar-refractivity contribution in [1.29, 1.82) is 0 Å². The lowest BCUT2D eigenvalue weighted by atomic mass is 10.2. The van der Waals surface area contributed by atoms with Gasteiger partial charge in [0.15, 0.2) is 0 Å². The summed E-state index contributed by atoms with van der Waals surface area (Å²) >= 11 is 1.14. The molecule has 0 bridgehead atoms. The molecule has 152 valence electrons. The Hall–Kier alpha value is -2.60. The Morgan fingerprint density at radius 2 is 1.96 bits per heavy atom. The van der Waals surface area contributed by atoms with E-state index < -0.39 is 46.2 Å². The molecule has 1 saturated heterocycles. The molecule has 1 aliphatic heterocycles. The molecule has 4 N–H and O–H groups in total. The zero-order chi connectivity index (χ0) is 20.9. The fraction of sp³-hybridized carbons (Fsp3) is 0.375. The number of nitrogens with zero attached hydrogens (tertiary/aromatic N) is 1. The average Bonchev–Trinajstić information content (AvgIpc) is 2.86. The van der Waals surface area contributed by atoms with Crippen molar-refractivity contribution in [2.75, 3.05) is 29.6 Å². The third kappa shape index (κ3) is 6.23. The van der Waals surface area contributed by atoms with Crippen LogP contribution in [-0.2, 0) is 24.2 Å². The van der Waals surface area contributed by atoms with Crippen molar-refractivity contribution in [2.45, 2.75) is 17.4 Å². The van der Waals surface area contributed by atoms with E-state index in [1.54, 1.807) is 24.3 Å². The molecule has 0 unspecified atom stereocenters. The Balaban J connectivity index is 1.99. The summed E-state index contributed by atoms with van der Waals surface area (Å²) in [4.78, 5) is 48.8. The number of thioether (sulfide) groups is 1. The number of para-hydroxylation sites is 1. The van der Waals surface area contributed by atoms with Crippen LogP contribution in [-0.4, -0.2) is 67.4 Å². The maximum atomic E-state index is 12.3. The standard InChI is InChI=1S/C16H20N4O6S2/c1-28(25,26)7-6-11-15(23)20(16(24)19-11)8-14(22)18-10-4-2-3-5-12(10)27-9-13(17)21/h2-5,11H,6-9H2,1H3,(H2,17,21)(H,18,22)(H,19,24)/t11-/m0/s1. The van der Waals surface area contributed by atoms with E-state index in [9.17, 15) is 27.6 Å². The van der Waals surface area contributed by atoms with Crippen molar-refractivity contribution >= 4 is 51.0 Å². The number of imide groups is 1. The Morgan fingerprint density at radius 3 is 2.61 bits per heavy atom. The van der Waals surface area contributed by atoms with Crippen molar-refractivity contribution < 1.29 is 27.6 Å². The van der Waals surface area contributed by atoms with E-state index in [2.05, 4.69) is 10.6 Å². The Bertz CT molecular complexity index is 902. The SMILES string of the molecule is CS(=O)(=O)CC[C@@H]1NC(=O)N(CC(=O)Nc2ccccc2SCC(N)=O)C1=O. The van der Waals surface area contributed by atoms with Gasteiger partial charge in [0.2, 0.25) is 11.8 Å². The van der Waals surface area contributed by atoms with Crippen LogP contribution in [0.25, 0.3) is 0 Å². The second kappa shape index (κ2) is 9.06. The summed E-state index contributed by atoms with van der Waals surface area (Å²) in [6.07, 6.45) is 0.973. The fourth-order valence-corrected chi connectivity index (χ4v) is 3.84. The fourth-order valence-electron chi connectivity index (χ4n) is 2.43. The predicted molar refractivity (Wildman–Crippen MR) is 103 cm³/mol. The van der Waals surface area contributed by atoms with Crippen molar-refractivity contribution in [3.05, 3.63) is 24.3 Å². The van der Waals surface area contributed by atoms with Crippen LogP contribution in [0.3, 0.4) is 0 Å². The summed E-state index contributed by atoms with van der Waals surface area (Å²) in [6, 6.07) is 4.98. The average molecular weight is 428 g/mol. The van der Waals surface area contributed by atoms with Crippen molar-refractivity contribution in [2.24, 2.45) is 5.73 Å². The molecule has 12 heteroatoms. The molecule has 1 atom stereocenters. The van der Waals surface area contributed by atoms with Crippen molar-refractivity contribution in [3.63, 3.8) is 0 Å². The number of hydrogen-bond donors (Lipinski definition) is 3. The Kier molecular flexibility index (Phi) is 7.02. The van der Waals surface area contributed by atoms with E-state index in [1.807, 2.05) is 0 Å². The molecule has 2 rings (SSSR count). The number of primary amides is 1. The van der Waals surface area contributed by atoms with Crippen LogP contribution in [0.1, 0.15) is 6.42 Å². The highest BCUT2D eigenvalue weighted by Crippen LogP contribution is 2.26. The molecule has 0 aromatic heterocycles. The first-order chi connectivity index (χ1) is 13.1. The van der Waals surface area contributed by atoms with Crippen LogP contribution in [0, 0.1) is 0 Å². The maximum absolute atomic E-state index is 12.3. The normalized spacial score (nSPS) is 16.8. The van der Waals surface area contributed by atoms with Gasteiger partial charge < -0.3 is 16.4 Å². The van der Waals surface area contributed by atoms with Crippen LogP contribution in [0.15, 0.2) is 29.2 Å². The van der Waals surface area contributed by atoms with Crippen LogP contribution in [0.2, 0.25) is 0 Å². The minimum atomic E-state index is -3.29. The van der Waals surface area contributed by atoms with Gasteiger partial charge in [0.25, 0.3) is 5.91 Å². The molecule has 0 aliphatic carbocycles. The number of anilines is 1. The quantitative estimate of drug-likeness (QED) is 0.355. The monoisotopic (exact) mass is 428 g/mol. The molecule has 5 amide bonds. The van der Waals surface area contributed by atoms with E-state index >= 15 is 0 Å². The molecular weight excluding hydrogens is 408 g/mol. The smallest absolute Gasteiger partial charge is 0.325 e. The number of rotatable bonds is 9. The second-order valence-electron chi connectivity index (χ2n) is 6.14. The van der Waals surface area contributed by atoms with Gasteiger partial charge >= 0.3 is 6.03 Å². The lowest BCUT2D eigenvalue weighted by Crippen LogP contribution is -2.38. The summed E-state index contributed by atoms with van der Waals surface area (Å²) in [5, 5.41) is 4.97. The number of benzene rings is 1. The summed E-state index contributed by atoms with van der Waals surface area (Å²) in [5.41, 5.74) is 5.54. The summed E-state index contributed by atoms with van der Waals surface area (Å²) in [6.45, 7) is -0.519. The molecule has 0 radical (unpaired) electrons. The van der Waals surface area contributed by atoms with E-state index in [0.717, 1.165) is 22.9 Å². The van der Waals surface area contributed by atoms with Crippen LogP contribution in [0.4, 0.5) is 10.5 Å². The lowest BCUT2D eigenvalue weighted by Gasteiger charge is -2.14. The van der Waals surface area contributed by atoms with Gasteiger partial charge in [-0.05, 0) is 18.6 Å².